The molecule has 0 spiro atoms. The molecule has 0 bridgehead atoms. The van der Waals surface area contributed by atoms with Crippen LogP contribution in [0, 0.1) is 3.57 Å². The quantitative estimate of drug-likeness (QED) is 0.854. The third-order valence-electron chi connectivity index (χ3n) is 2.12. The van der Waals surface area contributed by atoms with E-state index in [0.29, 0.717) is 5.56 Å². The van der Waals surface area contributed by atoms with Crippen LogP contribution in [0.5, 0.6) is 0 Å². The van der Waals surface area contributed by atoms with E-state index in [0.717, 1.165) is 9.99 Å². The molecule has 1 aromatic carbocycles. The molecule has 14 heavy (non-hydrogen) atoms. The molecule has 0 aliphatic heterocycles. The highest BCUT2D eigenvalue weighted by molar-refractivity contribution is 14.1. The van der Waals surface area contributed by atoms with Gasteiger partial charge in [0.1, 0.15) is 0 Å². The minimum atomic E-state index is -0.351. The van der Waals surface area contributed by atoms with Crippen LogP contribution in [0.4, 0.5) is 0 Å². The fourth-order valence-electron chi connectivity index (χ4n) is 1.29. The maximum Gasteiger partial charge on any atom is 0.249 e. The van der Waals surface area contributed by atoms with E-state index in [4.69, 9.17) is 5.73 Å². The van der Waals surface area contributed by atoms with Gasteiger partial charge in [-0.15, -0.1) is 0 Å². The lowest BCUT2D eigenvalue weighted by Gasteiger charge is -2.04. The van der Waals surface area contributed by atoms with Crippen molar-refractivity contribution in [2.24, 2.45) is 5.73 Å². The van der Waals surface area contributed by atoms with Crippen LogP contribution in [0.15, 0.2) is 18.2 Å². The standard InChI is InChI=1S/C11H14INO/c1-2-3-4-8-5-6-9(11(13)14)10(12)7-8/h5-7H,2-4H2,1H3,(H2,13,14). The third kappa shape index (κ3) is 2.97. The van der Waals surface area contributed by atoms with Crippen LogP contribution in [0.25, 0.3) is 0 Å². The maximum atomic E-state index is 11.0. The first-order valence-corrected chi connectivity index (χ1v) is 5.81. The summed E-state index contributed by atoms with van der Waals surface area (Å²) in [5.41, 5.74) is 7.12. The first-order chi connectivity index (χ1) is 6.65. The summed E-state index contributed by atoms with van der Waals surface area (Å²) in [5, 5.41) is 0. The van der Waals surface area contributed by atoms with Crippen molar-refractivity contribution < 1.29 is 4.79 Å². The van der Waals surface area contributed by atoms with Crippen LogP contribution in [0.2, 0.25) is 0 Å². The first-order valence-electron chi connectivity index (χ1n) is 4.73. The molecular formula is C11H14INO. The largest absolute Gasteiger partial charge is 0.366 e. The van der Waals surface area contributed by atoms with Gasteiger partial charge in [0.05, 0.1) is 5.56 Å². The third-order valence-corrected chi connectivity index (χ3v) is 3.01. The highest BCUT2D eigenvalue weighted by Crippen LogP contribution is 2.15. The Morgan fingerprint density at radius 2 is 2.21 bits per heavy atom. The number of unbranched alkanes of at least 4 members (excludes halogenated alkanes) is 1. The van der Waals surface area contributed by atoms with Gasteiger partial charge in [0.2, 0.25) is 5.91 Å². The second-order valence-electron chi connectivity index (χ2n) is 3.28. The molecule has 0 heterocycles. The van der Waals surface area contributed by atoms with Gasteiger partial charge < -0.3 is 5.73 Å². The van der Waals surface area contributed by atoms with E-state index in [2.05, 4.69) is 29.5 Å². The summed E-state index contributed by atoms with van der Waals surface area (Å²) in [6, 6.07) is 5.84. The van der Waals surface area contributed by atoms with Gasteiger partial charge in [-0.2, -0.15) is 0 Å². The van der Waals surface area contributed by atoms with E-state index in [-0.39, 0.29) is 5.91 Å². The lowest BCUT2D eigenvalue weighted by molar-refractivity contribution is 0.0999. The SMILES string of the molecule is CCCCc1ccc(C(N)=O)c(I)c1. The summed E-state index contributed by atoms with van der Waals surface area (Å²) in [7, 11) is 0. The number of carbonyl (C=O) groups excluding carboxylic acids is 1. The average Bonchev–Trinajstić information content (AvgIpc) is 2.14. The normalized spacial score (nSPS) is 10.1. The zero-order chi connectivity index (χ0) is 10.6. The molecule has 1 aromatic rings. The van der Waals surface area contributed by atoms with E-state index in [1.165, 1.54) is 18.4 Å². The van der Waals surface area contributed by atoms with Gasteiger partial charge in [-0.1, -0.05) is 19.4 Å². The van der Waals surface area contributed by atoms with Crippen molar-refractivity contribution in [3.05, 3.63) is 32.9 Å². The Bertz CT molecular complexity index is 336. The van der Waals surface area contributed by atoms with Crippen molar-refractivity contribution in [3.63, 3.8) is 0 Å². The number of hydrogen-bond donors (Lipinski definition) is 1. The molecular weight excluding hydrogens is 289 g/mol. The monoisotopic (exact) mass is 303 g/mol. The minimum Gasteiger partial charge on any atom is -0.366 e. The van der Waals surface area contributed by atoms with Crippen LogP contribution in [0.1, 0.15) is 35.7 Å². The molecule has 0 radical (unpaired) electrons. The zero-order valence-electron chi connectivity index (χ0n) is 8.22. The molecule has 0 fully saturated rings. The minimum absolute atomic E-state index is 0.351. The number of amides is 1. The van der Waals surface area contributed by atoms with Gasteiger partial charge in [0.25, 0.3) is 0 Å². The van der Waals surface area contributed by atoms with Gasteiger partial charge in [0, 0.05) is 3.57 Å². The summed E-state index contributed by atoms with van der Waals surface area (Å²) in [5.74, 6) is -0.351. The molecule has 0 unspecified atom stereocenters. The predicted molar refractivity (Wildman–Crippen MR) is 66.3 cm³/mol. The Morgan fingerprint density at radius 1 is 1.50 bits per heavy atom. The van der Waals surface area contributed by atoms with Crippen molar-refractivity contribution in [2.75, 3.05) is 0 Å². The van der Waals surface area contributed by atoms with Crippen LogP contribution in [0.3, 0.4) is 0 Å². The molecule has 0 aliphatic rings. The molecule has 2 N–H and O–H groups in total. The number of carbonyl (C=O) groups is 1. The predicted octanol–water partition coefficient (Wildman–Crippen LogP) is 2.73. The Labute approximate surface area is 98.0 Å². The van der Waals surface area contributed by atoms with Gasteiger partial charge >= 0.3 is 0 Å². The number of benzene rings is 1. The summed E-state index contributed by atoms with van der Waals surface area (Å²) < 4.78 is 0.948. The second kappa shape index (κ2) is 5.34. The van der Waals surface area contributed by atoms with Gasteiger partial charge in [-0.05, 0) is 53.1 Å². The Hall–Kier alpha value is -0.580. The van der Waals surface area contributed by atoms with Gasteiger partial charge in [-0.25, -0.2) is 0 Å². The van der Waals surface area contributed by atoms with Crippen LogP contribution in [-0.4, -0.2) is 5.91 Å². The number of primary amides is 1. The number of nitrogens with two attached hydrogens (primary N) is 1. The average molecular weight is 303 g/mol. The summed E-state index contributed by atoms with van der Waals surface area (Å²) in [6.07, 6.45) is 3.45. The Balaban J connectivity index is 2.83. The van der Waals surface area contributed by atoms with Crippen LogP contribution in [-0.2, 0) is 6.42 Å². The first kappa shape index (κ1) is 11.5. The molecule has 76 valence electrons. The fraction of sp³-hybridized carbons (Fsp3) is 0.364. The maximum absolute atomic E-state index is 11.0. The lowest BCUT2D eigenvalue weighted by atomic mass is 10.1. The molecule has 0 saturated heterocycles. The molecule has 1 rings (SSSR count). The lowest BCUT2D eigenvalue weighted by Crippen LogP contribution is -2.12. The summed E-state index contributed by atoms with van der Waals surface area (Å²) in [4.78, 5) is 11.0. The molecule has 0 aliphatic carbocycles. The topological polar surface area (TPSA) is 43.1 Å². The van der Waals surface area contributed by atoms with E-state index >= 15 is 0 Å². The van der Waals surface area contributed by atoms with Crippen molar-refractivity contribution in [2.45, 2.75) is 26.2 Å². The zero-order valence-corrected chi connectivity index (χ0v) is 10.4. The van der Waals surface area contributed by atoms with Gasteiger partial charge in [-0.3, -0.25) is 4.79 Å². The van der Waals surface area contributed by atoms with Crippen LogP contribution >= 0.6 is 22.6 Å². The smallest absolute Gasteiger partial charge is 0.249 e. The highest BCUT2D eigenvalue weighted by Gasteiger charge is 2.05. The molecule has 3 heteroatoms. The van der Waals surface area contributed by atoms with Crippen molar-refractivity contribution in [1.29, 1.82) is 0 Å². The highest BCUT2D eigenvalue weighted by atomic mass is 127. The number of hydrogen-bond acceptors (Lipinski definition) is 1. The second-order valence-corrected chi connectivity index (χ2v) is 4.44. The Kier molecular flexibility index (Phi) is 4.38. The van der Waals surface area contributed by atoms with Crippen LogP contribution < -0.4 is 5.73 Å². The Morgan fingerprint density at radius 3 is 2.71 bits per heavy atom. The fourth-order valence-corrected chi connectivity index (χ4v) is 2.14. The molecule has 1 amide bonds. The summed E-state index contributed by atoms with van der Waals surface area (Å²) in [6.45, 7) is 2.17. The van der Waals surface area contributed by atoms with E-state index in [9.17, 15) is 4.79 Å². The van der Waals surface area contributed by atoms with Crippen molar-refractivity contribution in [1.82, 2.24) is 0 Å². The van der Waals surface area contributed by atoms with Crippen molar-refractivity contribution >= 4 is 28.5 Å². The number of aryl methyl sites for hydroxylation is 1. The molecule has 0 aromatic heterocycles. The molecule has 2 nitrogen and oxygen atoms in total. The molecule has 0 atom stereocenters. The molecule has 0 saturated carbocycles. The number of rotatable bonds is 4. The van der Waals surface area contributed by atoms with Gasteiger partial charge in [0.15, 0.2) is 0 Å². The van der Waals surface area contributed by atoms with E-state index in [1.807, 2.05) is 18.2 Å². The van der Waals surface area contributed by atoms with E-state index in [1.54, 1.807) is 0 Å². The number of halogens is 1. The van der Waals surface area contributed by atoms with Crippen molar-refractivity contribution in [3.8, 4) is 0 Å². The summed E-state index contributed by atoms with van der Waals surface area (Å²) >= 11 is 2.15. The van der Waals surface area contributed by atoms with E-state index < -0.39 is 0 Å².